The van der Waals surface area contributed by atoms with E-state index in [1.807, 2.05) is 41.6 Å². The molecule has 84 valence electrons. The largest absolute Gasteiger partial charge is 0.280 e. The maximum Gasteiger partial charge on any atom is 0.128 e. The molecule has 0 bridgehead atoms. The van der Waals surface area contributed by atoms with Gasteiger partial charge in [0.1, 0.15) is 6.17 Å². The van der Waals surface area contributed by atoms with E-state index in [9.17, 15) is 0 Å². The monoisotopic (exact) mass is 233 g/mol. The van der Waals surface area contributed by atoms with Gasteiger partial charge in [0, 0.05) is 11.9 Å². The summed E-state index contributed by atoms with van der Waals surface area (Å²) in [5, 5.41) is 8.24. The summed E-state index contributed by atoms with van der Waals surface area (Å²) in [5.41, 5.74) is 1.11. The third-order valence-electron chi connectivity index (χ3n) is 2.72. The van der Waals surface area contributed by atoms with E-state index < -0.39 is 0 Å². The van der Waals surface area contributed by atoms with Gasteiger partial charge in [-0.25, -0.2) is 0 Å². The van der Waals surface area contributed by atoms with E-state index in [1.54, 1.807) is 5.37 Å². The summed E-state index contributed by atoms with van der Waals surface area (Å²) in [6.07, 6.45) is 2.03. The summed E-state index contributed by atoms with van der Waals surface area (Å²) in [5.74, 6) is 0. The van der Waals surface area contributed by atoms with Crippen LogP contribution in [0.2, 0.25) is 0 Å². The average molecular weight is 233 g/mol. The summed E-state index contributed by atoms with van der Waals surface area (Å²) in [6.45, 7) is 1.93. The van der Waals surface area contributed by atoms with Gasteiger partial charge < -0.3 is 0 Å². The summed E-state index contributed by atoms with van der Waals surface area (Å²) in [7, 11) is 2.06. The van der Waals surface area contributed by atoms with Crippen LogP contribution in [0.15, 0.2) is 35.4 Å². The molecule has 0 radical (unpaired) electrons. The fourth-order valence-corrected chi connectivity index (χ4v) is 2.08. The summed E-state index contributed by atoms with van der Waals surface area (Å²) in [6, 6.07) is 10.1. The Morgan fingerprint density at radius 2 is 2.06 bits per heavy atom. The topological polar surface area (TPSA) is 18.8 Å². The molecule has 1 saturated heterocycles. The van der Waals surface area contributed by atoms with Crippen molar-refractivity contribution in [3.63, 3.8) is 0 Å². The van der Waals surface area contributed by atoms with Gasteiger partial charge in [0.25, 0.3) is 0 Å². The van der Waals surface area contributed by atoms with Gasteiger partial charge in [-0.05, 0) is 12.6 Å². The van der Waals surface area contributed by atoms with E-state index in [1.165, 1.54) is 0 Å². The Morgan fingerprint density at radius 1 is 1.31 bits per heavy atom. The molecule has 1 aliphatic heterocycles. The lowest BCUT2D eigenvalue weighted by Crippen LogP contribution is -2.34. The Balaban J connectivity index is 2.05. The molecule has 1 aromatic carbocycles. The number of benzene rings is 1. The van der Waals surface area contributed by atoms with Crippen LogP contribution in [0.4, 0.5) is 0 Å². The zero-order valence-electron chi connectivity index (χ0n) is 9.28. The maximum absolute atomic E-state index is 5.01. The zero-order chi connectivity index (χ0) is 11.4. The highest BCUT2D eigenvalue weighted by Gasteiger charge is 2.25. The molecule has 1 aromatic rings. The van der Waals surface area contributed by atoms with Gasteiger partial charge >= 0.3 is 0 Å². The van der Waals surface area contributed by atoms with Crippen LogP contribution in [0.3, 0.4) is 0 Å². The molecule has 0 spiro atoms. The van der Waals surface area contributed by atoms with Crippen LogP contribution in [0.1, 0.15) is 5.56 Å². The second-order valence-corrected chi connectivity index (χ2v) is 4.12. The van der Waals surface area contributed by atoms with E-state index in [0.29, 0.717) is 0 Å². The van der Waals surface area contributed by atoms with Crippen LogP contribution in [0.5, 0.6) is 0 Å². The van der Waals surface area contributed by atoms with Crippen molar-refractivity contribution in [1.29, 1.82) is 0 Å². The molecule has 2 rings (SSSR count). The van der Waals surface area contributed by atoms with Gasteiger partial charge in [-0.3, -0.25) is 9.91 Å². The Hall–Kier alpha value is -1.26. The summed E-state index contributed by atoms with van der Waals surface area (Å²) in [4.78, 5) is 2.19. The molecule has 0 N–H and O–H groups in total. The summed E-state index contributed by atoms with van der Waals surface area (Å²) >= 11 is 5.01. The fraction of sp³-hybridized carbons (Fsp3) is 0.333. The minimum Gasteiger partial charge on any atom is -0.280 e. The predicted molar refractivity (Wildman–Crippen MR) is 70.8 cm³/mol. The lowest BCUT2D eigenvalue weighted by molar-refractivity contribution is 0.237. The van der Waals surface area contributed by atoms with Crippen molar-refractivity contribution in [3.8, 4) is 0 Å². The SMILES string of the molecule is CN1CCN(N=Cc2ccccc2)C1C=S. The number of thiocarbonyl (C=S) groups is 1. The molecule has 1 unspecified atom stereocenters. The van der Waals surface area contributed by atoms with E-state index in [4.69, 9.17) is 12.2 Å². The van der Waals surface area contributed by atoms with E-state index in [2.05, 4.69) is 17.0 Å². The minimum atomic E-state index is 0.148. The van der Waals surface area contributed by atoms with Gasteiger partial charge in [-0.15, -0.1) is 0 Å². The number of hydrazone groups is 1. The second-order valence-electron chi connectivity index (χ2n) is 3.85. The van der Waals surface area contributed by atoms with Crippen LogP contribution in [0.25, 0.3) is 0 Å². The van der Waals surface area contributed by atoms with Crippen molar-refractivity contribution in [2.45, 2.75) is 6.17 Å². The third kappa shape index (κ3) is 2.46. The number of rotatable bonds is 3. The standard InChI is InChI=1S/C12H15N3S/c1-14-7-8-15(12(14)10-16)13-9-11-5-3-2-4-6-11/h2-6,9-10,12H,7-8H2,1H3. The highest BCUT2D eigenvalue weighted by atomic mass is 32.1. The highest BCUT2D eigenvalue weighted by Crippen LogP contribution is 2.11. The van der Waals surface area contributed by atoms with Crippen molar-refractivity contribution >= 4 is 23.8 Å². The number of likely N-dealkylation sites (N-methyl/N-ethyl adjacent to an activating group) is 1. The Labute approximate surface area is 101 Å². The normalized spacial score (nSPS) is 21.8. The molecule has 16 heavy (non-hydrogen) atoms. The molecular weight excluding hydrogens is 218 g/mol. The fourth-order valence-electron chi connectivity index (χ4n) is 1.73. The lowest BCUT2D eigenvalue weighted by atomic mass is 10.2. The third-order valence-corrected chi connectivity index (χ3v) is 2.96. The molecule has 0 saturated carbocycles. The van der Waals surface area contributed by atoms with Crippen molar-refractivity contribution in [1.82, 2.24) is 9.91 Å². The predicted octanol–water partition coefficient (Wildman–Crippen LogP) is 1.59. The van der Waals surface area contributed by atoms with Gasteiger partial charge in [0.15, 0.2) is 0 Å². The van der Waals surface area contributed by atoms with Gasteiger partial charge in [0.05, 0.1) is 12.8 Å². The highest BCUT2D eigenvalue weighted by molar-refractivity contribution is 7.79. The first-order valence-corrected chi connectivity index (χ1v) is 5.79. The van der Waals surface area contributed by atoms with Crippen LogP contribution in [-0.2, 0) is 0 Å². The molecule has 3 nitrogen and oxygen atoms in total. The molecule has 0 amide bonds. The minimum absolute atomic E-state index is 0.148. The average Bonchev–Trinajstić information content (AvgIpc) is 2.68. The zero-order valence-corrected chi connectivity index (χ0v) is 10.1. The molecule has 1 fully saturated rings. The van der Waals surface area contributed by atoms with Gasteiger partial charge in [0.2, 0.25) is 0 Å². The number of hydrogen-bond acceptors (Lipinski definition) is 4. The number of hydrogen-bond donors (Lipinski definition) is 0. The molecular formula is C12H15N3S. The Kier molecular flexibility index (Phi) is 3.64. The molecule has 0 aromatic heterocycles. The molecule has 1 aliphatic rings. The van der Waals surface area contributed by atoms with Crippen LogP contribution in [-0.4, -0.2) is 47.8 Å². The van der Waals surface area contributed by atoms with E-state index in [0.717, 1.165) is 18.7 Å². The van der Waals surface area contributed by atoms with Crippen molar-refractivity contribution in [3.05, 3.63) is 35.9 Å². The molecule has 1 heterocycles. The van der Waals surface area contributed by atoms with E-state index in [-0.39, 0.29) is 6.17 Å². The van der Waals surface area contributed by atoms with Crippen LogP contribution < -0.4 is 0 Å². The molecule has 0 aliphatic carbocycles. The lowest BCUT2D eigenvalue weighted by Gasteiger charge is -2.20. The maximum atomic E-state index is 5.01. The molecule has 1 atom stereocenters. The Morgan fingerprint density at radius 3 is 2.75 bits per heavy atom. The number of nitrogens with zero attached hydrogens (tertiary/aromatic N) is 3. The first-order chi connectivity index (χ1) is 7.81. The second kappa shape index (κ2) is 5.18. The van der Waals surface area contributed by atoms with Gasteiger partial charge in [-0.1, -0.05) is 42.5 Å². The summed E-state index contributed by atoms with van der Waals surface area (Å²) < 4.78 is 0. The van der Waals surface area contributed by atoms with Crippen molar-refractivity contribution in [2.24, 2.45) is 5.10 Å². The Bertz CT molecular complexity index is 377. The van der Waals surface area contributed by atoms with Crippen molar-refractivity contribution < 1.29 is 0 Å². The van der Waals surface area contributed by atoms with Crippen LogP contribution >= 0.6 is 12.2 Å². The smallest absolute Gasteiger partial charge is 0.128 e. The first kappa shape index (κ1) is 11.2. The van der Waals surface area contributed by atoms with Crippen LogP contribution in [0, 0.1) is 0 Å². The van der Waals surface area contributed by atoms with Crippen molar-refractivity contribution in [2.75, 3.05) is 20.1 Å². The first-order valence-electron chi connectivity index (χ1n) is 5.32. The quantitative estimate of drug-likeness (QED) is 0.583. The molecule has 4 heteroatoms. The van der Waals surface area contributed by atoms with Gasteiger partial charge in [-0.2, -0.15) is 5.10 Å². The van der Waals surface area contributed by atoms with E-state index >= 15 is 0 Å².